The van der Waals surface area contributed by atoms with Crippen molar-refractivity contribution >= 4 is 16.8 Å². The van der Waals surface area contributed by atoms with Gasteiger partial charge in [-0.3, -0.25) is 14.8 Å². The topological polar surface area (TPSA) is 70.7 Å². The summed E-state index contributed by atoms with van der Waals surface area (Å²) in [4.78, 5) is 16.2. The van der Waals surface area contributed by atoms with Crippen LogP contribution < -0.4 is 4.74 Å². The second-order valence-electron chi connectivity index (χ2n) is 6.51. The standard InChI is InChI=1S/C17H22N4O3/c1-20-15-9-21(10-16(15)24-6-5-17(20)22)8-14-12-7-11(23-2)3-4-13(12)18-19-14/h3-4,7,15-16H,5-6,8-10H2,1-2H3,(H,18,19)/t15-,16-/m0/s1. The first kappa shape index (κ1) is 15.4. The van der Waals surface area contributed by atoms with E-state index < -0.39 is 0 Å². The summed E-state index contributed by atoms with van der Waals surface area (Å²) in [7, 11) is 3.55. The second-order valence-corrected chi connectivity index (χ2v) is 6.51. The zero-order valence-corrected chi connectivity index (χ0v) is 14.0. The van der Waals surface area contributed by atoms with Crippen molar-refractivity contribution in [1.29, 1.82) is 0 Å². The summed E-state index contributed by atoms with van der Waals surface area (Å²) in [5, 5.41) is 8.58. The van der Waals surface area contributed by atoms with Gasteiger partial charge in [-0.2, -0.15) is 5.10 Å². The third-order valence-electron chi connectivity index (χ3n) is 5.07. The van der Waals surface area contributed by atoms with Gasteiger partial charge >= 0.3 is 0 Å². The van der Waals surface area contributed by atoms with Gasteiger partial charge < -0.3 is 14.4 Å². The van der Waals surface area contributed by atoms with Crippen LogP contribution in [-0.2, 0) is 16.1 Å². The highest BCUT2D eigenvalue weighted by molar-refractivity contribution is 5.82. The molecule has 1 N–H and O–H groups in total. The predicted octanol–water partition coefficient (Wildman–Crippen LogP) is 1.00. The number of rotatable bonds is 3. The van der Waals surface area contributed by atoms with E-state index in [0.717, 1.165) is 42.0 Å². The van der Waals surface area contributed by atoms with E-state index in [0.29, 0.717) is 13.0 Å². The van der Waals surface area contributed by atoms with Gasteiger partial charge in [0.2, 0.25) is 5.91 Å². The lowest BCUT2D eigenvalue weighted by atomic mass is 10.2. The molecule has 2 aliphatic rings. The van der Waals surface area contributed by atoms with Crippen molar-refractivity contribution in [1.82, 2.24) is 20.0 Å². The normalized spacial score (nSPS) is 25.1. The summed E-state index contributed by atoms with van der Waals surface area (Å²) in [6.45, 7) is 2.91. The van der Waals surface area contributed by atoms with Gasteiger partial charge in [-0.05, 0) is 18.2 Å². The lowest BCUT2D eigenvalue weighted by Gasteiger charge is -2.25. The SMILES string of the molecule is COc1ccc2n[nH]c(CN3C[C@@H]4OCCC(=O)N(C)[C@H]4C3)c2c1. The minimum absolute atomic E-state index is 0.0881. The maximum Gasteiger partial charge on any atom is 0.225 e. The fourth-order valence-corrected chi connectivity index (χ4v) is 3.67. The van der Waals surface area contributed by atoms with Crippen molar-refractivity contribution in [2.75, 3.05) is 33.9 Å². The smallest absolute Gasteiger partial charge is 0.225 e. The minimum atomic E-state index is 0.0881. The number of amides is 1. The maximum atomic E-state index is 12.0. The molecule has 2 atom stereocenters. The average molecular weight is 330 g/mol. The molecule has 0 unspecified atom stereocenters. The number of methoxy groups -OCH3 is 1. The van der Waals surface area contributed by atoms with Crippen LogP contribution in [0.1, 0.15) is 12.1 Å². The van der Waals surface area contributed by atoms with Gasteiger partial charge in [0, 0.05) is 32.1 Å². The van der Waals surface area contributed by atoms with Gasteiger partial charge in [-0.15, -0.1) is 0 Å². The molecule has 0 spiro atoms. The van der Waals surface area contributed by atoms with Gasteiger partial charge in [-0.25, -0.2) is 0 Å². The molecule has 0 bridgehead atoms. The van der Waals surface area contributed by atoms with Gasteiger partial charge in [0.1, 0.15) is 5.75 Å². The number of hydrogen-bond donors (Lipinski definition) is 1. The van der Waals surface area contributed by atoms with Crippen LogP contribution in [0.4, 0.5) is 0 Å². The average Bonchev–Trinajstić information content (AvgIpc) is 3.15. The molecule has 2 fully saturated rings. The lowest BCUT2D eigenvalue weighted by molar-refractivity contribution is -0.131. The molecule has 1 aromatic heterocycles. The number of H-pyrrole nitrogens is 1. The number of carbonyl (C=O) groups is 1. The van der Waals surface area contributed by atoms with E-state index in [9.17, 15) is 4.79 Å². The summed E-state index contributed by atoms with van der Waals surface area (Å²) in [5.74, 6) is 0.992. The summed E-state index contributed by atoms with van der Waals surface area (Å²) in [5.41, 5.74) is 2.00. The highest BCUT2D eigenvalue weighted by atomic mass is 16.5. The number of benzene rings is 1. The number of aromatic amines is 1. The van der Waals surface area contributed by atoms with E-state index in [4.69, 9.17) is 9.47 Å². The van der Waals surface area contributed by atoms with Crippen LogP contribution >= 0.6 is 0 Å². The molecule has 1 amide bonds. The highest BCUT2D eigenvalue weighted by Crippen LogP contribution is 2.26. The number of hydrogen-bond acceptors (Lipinski definition) is 5. The van der Waals surface area contributed by atoms with Crippen molar-refractivity contribution in [3.05, 3.63) is 23.9 Å². The number of carbonyl (C=O) groups excluding carboxylic acids is 1. The maximum absolute atomic E-state index is 12.0. The molecule has 0 radical (unpaired) electrons. The van der Waals surface area contributed by atoms with Crippen molar-refractivity contribution in [3.8, 4) is 5.75 Å². The number of likely N-dealkylation sites (N-methyl/N-ethyl adjacent to an activating group) is 1. The molecular weight excluding hydrogens is 308 g/mol. The fourth-order valence-electron chi connectivity index (χ4n) is 3.67. The molecule has 4 rings (SSSR count). The predicted molar refractivity (Wildman–Crippen MR) is 88.8 cm³/mol. The fraction of sp³-hybridized carbons (Fsp3) is 0.529. The Bertz CT molecular complexity index is 759. The summed E-state index contributed by atoms with van der Waals surface area (Å²) < 4.78 is 11.2. The first-order valence-electron chi connectivity index (χ1n) is 8.26. The Morgan fingerprint density at radius 3 is 3.12 bits per heavy atom. The van der Waals surface area contributed by atoms with Crippen LogP contribution in [-0.4, -0.2) is 71.9 Å². The molecule has 128 valence electrons. The number of aromatic nitrogens is 2. The van der Waals surface area contributed by atoms with Gasteiger partial charge in [0.05, 0.1) is 43.5 Å². The first-order chi connectivity index (χ1) is 11.7. The molecule has 2 aromatic rings. The molecule has 7 heteroatoms. The second kappa shape index (κ2) is 6.07. The van der Waals surface area contributed by atoms with Gasteiger partial charge in [-0.1, -0.05) is 0 Å². The monoisotopic (exact) mass is 330 g/mol. The third-order valence-corrected chi connectivity index (χ3v) is 5.07. The zero-order chi connectivity index (χ0) is 16.7. The van der Waals surface area contributed by atoms with Crippen molar-refractivity contribution in [2.24, 2.45) is 0 Å². The third kappa shape index (κ3) is 2.63. The van der Waals surface area contributed by atoms with E-state index in [1.165, 1.54) is 0 Å². The Hall–Kier alpha value is -2.12. The van der Waals surface area contributed by atoms with Crippen LogP contribution in [0.5, 0.6) is 5.75 Å². The van der Waals surface area contributed by atoms with Crippen LogP contribution in [0.25, 0.3) is 10.9 Å². The van der Waals surface area contributed by atoms with Crippen LogP contribution in [0.15, 0.2) is 18.2 Å². The Morgan fingerprint density at radius 2 is 2.29 bits per heavy atom. The molecule has 3 heterocycles. The van der Waals surface area contributed by atoms with Crippen LogP contribution in [0, 0.1) is 0 Å². The largest absolute Gasteiger partial charge is 0.497 e. The number of nitrogens with zero attached hydrogens (tertiary/aromatic N) is 3. The molecule has 24 heavy (non-hydrogen) atoms. The molecular formula is C17H22N4O3. The Labute approximate surface area is 140 Å². The molecule has 0 aliphatic carbocycles. The molecule has 0 saturated carbocycles. The summed E-state index contributed by atoms with van der Waals surface area (Å²) in [6, 6.07) is 6.00. The molecule has 1 aromatic carbocycles. The van der Waals surface area contributed by atoms with Crippen molar-refractivity contribution in [3.63, 3.8) is 0 Å². The van der Waals surface area contributed by atoms with Crippen molar-refractivity contribution in [2.45, 2.75) is 25.1 Å². The zero-order valence-electron chi connectivity index (χ0n) is 14.0. The Kier molecular flexibility index (Phi) is 3.90. The molecule has 2 saturated heterocycles. The lowest BCUT2D eigenvalue weighted by Crippen LogP contribution is -2.42. The number of nitrogens with one attached hydrogen (secondary N) is 1. The van der Waals surface area contributed by atoms with E-state index in [-0.39, 0.29) is 18.1 Å². The van der Waals surface area contributed by atoms with E-state index in [1.54, 1.807) is 7.11 Å². The molecule has 7 nitrogen and oxygen atoms in total. The number of fused-ring (bicyclic) bond motifs is 2. The summed E-state index contributed by atoms with van der Waals surface area (Å²) in [6.07, 6.45) is 0.569. The van der Waals surface area contributed by atoms with Crippen molar-refractivity contribution < 1.29 is 14.3 Å². The van der Waals surface area contributed by atoms with Crippen LogP contribution in [0.2, 0.25) is 0 Å². The van der Waals surface area contributed by atoms with Gasteiger partial charge in [0.25, 0.3) is 0 Å². The minimum Gasteiger partial charge on any atom is -0.497 e. The Balaban J connectivity index is 1.53. The number of likely N-dealkylation sites (tertiary alicyclic amines) is 1. The highest BCUT2D eigenvalue weighted by Gasteiger charge is 2.39. The van der Waals surface area contributed by atoms with E-state index >= 15 is 0 Å². The first-order valence-corrected chi connectivity index (χ1v) is 8.26. The number of ether oxygens (including phenoxy) is 2. The van der Waals surface area contributed by atoms with Gasteiger partial charge in [0.15, 0.2) is 0 Å². The van der Waals surface area contributed by atoms with Crippen LogP contribution in [0.3, 0.4) is 0 Å². The van der Waals surface area contributed by atoms with E-state index in [2.05, 4.69) is 15.1 Å². The Morgan fingerprint density at radius 1 is 1.42 bits per heavy atom. The quantitative estimate of drug-likeness (QED) is 0.909. The molecule has 2 aliphatic heterocycles. The summed E-state index contributed by atoms with van der Waals surface area (Å²) >= 11 is 0. The van der Waals surface area contributed by atoms with E-state index in [1.807, 2.05) is 30.1 Å².